The number of nitrogens with one attached hydrogen (secondary N) is 1. The summed E-state index contributed by atoms with van der Waals surface area (Å²) >= 11 is 0. The summed E-state index contributed by atoms with van der Waals surface area (Å²) < 4.78 is 0. The van der Waals surface area contributed by atoms with Crippen LogP contribution in [0.3, 0.4) is 0 Å². The van der Waals surface area contributed by atoms with Crippen LogP contribution in [-0.4, -0.2) is 4.98 Å². The van der Waals surface area contributed by atoms with Gasteiger partial charge in [0.2, 0.25) is 0 Å². The fourth-order valence-electron chi connectivity index (χ4n) is 2.13. The van der Waals surface area contributed by atoms with E-state index < -0.39 is 0 Å². The van der Waals surface area contributed by atoms with E-state index in [1.165, 1.54) is 0 Å². The molecule has 1 N–H and O–H groups in total. The zero-order chi connectivity index (χ0) is 11.7. The number of fused-ring (bicyclic) bond motifs is 1. The first-order chi connectivity index (χ1) is 8.40. The quantitative estimate of drug-likeness (QED) is 0.664. The van der Waals surface area contributed by atoms with Crippen LogP contribution in [0, 0.1) is 11.3 Å². The molecule has 0 aliphatic heterocycles. The Hall–Kier alpha value is -2.53. The van der Waals surface area contributed by atoms with E-state index in [-0.39, 0.29) is 0 Å². The molecule has 0 aliphatic rings. The van der Waals surface area contributed by atoms with Crippen molar-refractivity contribution in [2.75, 3.05) is 0 Å². The molecule has 1 heterocycles. The highest BCUT2D eigenvalue weighted by Crippen LogP contribution is 2.30. The summed E-state index contributed by atoms with van der Waals surface area (Å²) in [6.07, 6.45) is 1.76. The van der Waals surface area contributed by atoms with Crippen LogP contribution in [0.4, 0.5) is 0 Å². The number of nitriles is 1. The average Bonchev–Trinajstić information content (AvgIpc) is 2.82. The Labute approximate surface area is 99.1 Å². The molecular formula is C15H10N2. The number of aromatic nitrogens is 1. The van der Waals surface area contributed by atoms with E-state index in [0.29, 0.717) is 5.56 Å². The van der Waals surface area contributed by atoms with Gasteiger partial charge in [-0.05, 0) is 17.2 Å². The first-order valence-electron chi connectivity index (χ1n) is 5.46. The number of H-pyrrole nitrogens is 1. The normalized spacial score (nSPS) is 10.3. The Morgan fingerprint density at radius 1 is 0.941 bits per heavy atom. The van der Waals surface area contributed by atoms with Gasteiger partial charge < -0.3 is 4.98 Å². The van der Waals surface area contributed by atoms with Crippen LogP contribution in [-0.2, 0) is 0 Å². The van der Waals surface area contributed by atoms with Crippen molar-refractivity contribution in [2.24, 2.45) is 0 Å². The Kier molecular flexibility index (Phi) is 2.16. The molecular weight excluding hydrogens is 208 g/mol. The van der Waals surface area contributed by atoms with Crippen molar-refractivity contribution in [2.45, 2.75) is 0 Å². The lowest BCUT2D eigenvalue weighted by Crippen LogP contribution is -1.80. The molecule has 1 aromatic heterocycles. The molecule has 0 bridgehead atoms. The molecule has 0 spiro atoms. The van der Waals surface area contributed by atoms with Crippen LogP contribution in [0.5, 0.6) is 0 Å². The SMILES string of the molecule is N#Cc1c[nH]c2cccc(-c3ccccc3)c12. The van der Waals surface area contributed by atoms with Gasteiger partial charge in [0, 0.05) is 17.1 Å². The molecule has 3 rings (SSSR count). The largest absolute Gasteiger partial charge is 0.360 e. The molecule has 2 aromatic carbocycles. The van der Waals surface area contributed by atoms with Gasteiger partial charge in [0.25, 0.3) is 0 Å². The Balaban J connectivity index is 2.38. The minimum Gasteiger partial charge on any atom is -0.360 e. The van der Waals surface area contributed by atoms with E-state index in [4.69, 9.17) is 5.26 Å². The van der Waals surface area contributed by atoms with Crippen LogP contribution >= 0.6 is 0 Å². The number of hydrogen-bond acceptors (Lipinski definition) is 1. The molecule has 0 aliphatic carbocycles. The minimum atomic E-state index is 0.694. The van der Waals surface area contributed by atoms with Crippen molar-refractivity contribution in [1.29, 1.82) is 5.26 Å². The highest BCUT2D eigenvalue weighted by atomic mass is 14.7. The van der Waals surface area contributed by atoms with E-state index in [1.807, 2.05) is 36.4 Å². The van der Waals surface area contributed by atoms with Crippen molar-refractivity contribution in [3.63, 3.8) is 0 Å². The molecule has 0 saturated heterocycles. The topological polar surface area (TPSA) is 39.6 Å². The van der Waals surface area contributed by atoms with Crippen LogP contribution < -0.4 is 0 Å². The van der Waals surface area contributed by atoms with Crippen molar-refractivity contribution in [3.8, 4) is 17.2 Å². The van der Waals surface area contributed by atoms with Crippen molar-refractivity contribution < 1.29 is 0 Å². The number of benzene rings is 2. The molecule has 80 valence electrons. The third-order valence-corrected chi connectivity index (χ3v) is 2.91. The van der Waals surface area contributed by atoms with Gasteiger partial charge in [0.05, 0.1) is 5.56 Å². The third-order valence-electron chi connectivity index (χ3n) is 2.91. The summed E-state index contributed by atoms with van der Waals surface area (Å²) in [6, 6.07) is 18.4. The predicted octanol–water partition coefficient (Wildman–Crippen LogP) is 3.71. The zero-order valence-electron chi connectivity index (χ0n) is 9.14. The van der Waals surface area contributed by atoms with E-state index in [9.17, 15) is 0 Å². The van der Waals surface area contributed by atoms with Crippen molar-refractivity contribution >= 4 is 10.9 Å². The Bertz CT molecular complexity index is 703. The average molecular weight is 218 g/mol. The molecule has 0 radical (unpaired) electrons. The van der Waals surface area contributed by atoms with Crippen LogP contribution in [0.2, 0.25) is 0 Å². The summed E-state index contributed by atoms with van der Waals surface area (Å²) in [6.45, 7) is 0. The third kappa shape index (κ3) is 1.49. The molecule has 17 heavy (non-hydrogen) atoms. The van der Waals surface area contributed by atoms with E-state index in [2.05, 4.69) is 23.2 Å². The van der Waals surface area contributed by atoms with Gasteiger partial charge in [0.1, 0.15) is 6.07 Å². The number of nitrogens with zero attached hydrogens (tertiary/aromatic N) is 1. The lowest BCUT2D eigenvalue weighted by atomic mass is 10.00. The fourth-order valence-corrected chi connectivity index (χ4v) is 2.13. The van der Waals surface area contributed by atoms with Gasteiger partial charge in [-0.2, -0.15) is 5.26 Å². The molecule has 2 heteroatoms. The van der Waals surface area contributed by atoms with Gasteiger partial charge in [-0.15, -0.1) is 0 Å². The first kappa shape index (κ1) is 9.68. The maximum absolute atomic E-state index is 9.13. The second kappa shape index (κ2) is 3.80. The van der Waals surface area contributed by atoms with Gasteiger partial charge in [-0.1, -0.05) is 42.5 Å². The molecule has 2 nitrogen and oxygen atoms in total. The molecule has 0 amide bonds. The molecule has 0 atom stereocenters. The maximum atomic E-state index is 9.13. The van der Waals surface area contributed by atoms with E-state index >= 15 is 0 Å². The summed E-state index contributed by atoms with van der Waals surface area (Å²) in [4.78, 5) is 3.13. The van der Waals surface area contributed by atoms with E-state index in [1.54, 1.807) is 6.20 Å². The molecule has 0 fully saturated rings. The summed E-state index contributed by atoms with van der Waals surface area (Å²) in [5.41, 5.74) is 3.93. The van der Waals surface area contributed by atoms with Crippen LogP contribution in [0.25, 0.3) is 22.0 Å². The fraction of sp³-hybridized carbons (Fsp3) is 0. The van der Waals surface area contributed by atoms with Crippen LogP contribution in [0.1, 0.15) is 5.56 Å². The van der Waals surface area contributed by atoms with Crippen LogP contribution in [0.15, 0.2) is 54.7 Å². The smallest absolute Gasteiger partial charge is 0.101 e. The number of hydrogen-bond donors (Lipinski definition) is 1. The molecule has 3 aromatic rings. The standard InChI is InChI=1S/C15H10N2/c16-9-12-10-17-14-8-4-7-13(15(12)14)11-5-2-1-3-6-11/h1-8,10,17H. The summed E-state index contributed by atoms with van der Waals surface area (Å²) in [5.74, 6) is 0. The second-order valence-corrected chi connectivity index (χ2v) is 3.91. The summed E-state index contributed by atoms with van der Waals surface area (Å²) in [7, 11) is 0. The van der Waals surface area contributed by atoms with E-state index in [0.717, 1.165) is 22.0 Å². The van der Waals surface area contributed by atoms with Crippen molar-refractivity contribution in [3.05, 3.63) is 60.3 Å². The summed E-state index contributed by atoms with van der Waals surface area (Å²) in [5, 5.41) is 10.1. The Morgan fingerprint density at radius 3 is 2.53 bits per heavy atom. The first-order valence-corrected chi connectivity index (χ1v) is 5.46. The van der Waals surface area contributed by atoms with Gasteiger partial charge >= 0.3 is 0 Å². The minimum absolute atomic E-state index is 0.694. The lowest BCUT2D eigenvalue weighted by molar-refractivity contribution is 1.45. The molecule has 0 unspecified atom stereocenters. The van der Waals surface area contributed by atoms with Gasteiger partial charge in [0.15, 0.2) is 0 Å². The maximum Gasteiger partial charge on any atom is 0.101 e. The molecule has 0 saturated carbocycles. The number of rotatable bonds is 1. The lowest BCUT2D eigenvalue weighted by Gasteiger charge is -2.03. The monoisotopic (exact) mass is 218 g/mol. The highest BCUT2D eigenvalue weighted by molar-refractivity contribution is 5.99. The Morgan fingerprint density at radius 2 is 1.76 bits per heavy atom. The zero-order valence-corrected chi connectivity index (χ0v) is 9.14. The predicted molar refractivity (Wildman–Crippen MR) is 68.4 cm³/mol. The highest BCUT2D eigenvalue weighted by Gasteiger charge is 2.08. The second-order valence-electron chi connectivity index (χ2n) is 3.91. The van der Waals surface area contributed by atoms with Crippen molar-refractivity contribution in [1.82, 2.24) is 4.98 Å². The number of aromatic amines is 1. The van der Waals surface area contributed by atoms with Gasteiger partial charge in [-0.25, -0.2) is 0 Å². The van der Waals surface area contributed by atoms with Gasteiger partial charge in [-0.3, -0.25) is 0 Å².